The Morgan fingerprint density at radius 3 is 1.61 bits per heavy atom. The van der Waals surface area contributed by atoms with Gasteiger partial charge in [-0.1, -0.05) is 137 Å². The predicted octanol–water partition coefficient (Wildman–Crippen LogP) is 18.6. The average Bonchev–Trinajstić information content (AvgIpc) is 3.89. The summed E-state index contributed by atoms with van der Waals surface area (Å²) >= 11 is 3.88. The Bertz CT molecular complexity index is 3790. The van der Waals surface area contributed by atoms with Crippen molar-refractivity contribution in [1.29, 1.82) is 0 Å². The van der Waals surface area contributed by atoms with Gasteiger partial charge in [0.1, 0.15) is 0 Å². The number of fused-ring (bicyclic) bond motifs is 12. The highest BCUT2D eigenvalue weighted by Crippen LogP contribution is 2.55. The molecule has 2 aromatic heterocycles. The van der Waals surface area contributed by atoms with Crippen molar-refractivity contribution >= 4 is 110 Å². The van der Waals surface area contributed by atoms with Crippen molar-refractivity contribution in [2.45, 2.75) is 161 Å². The van der Waals surface area contributed by atoms with Gasteiger partial charge in [0.05, 0.1) is 10.4 Å². The van der Waals surface area contributed by atoms with E-state index in [0.29, 0.717) is 0 Å². The third-order valence-corrected chi connectivity index (χ3v) is 21.1. The van der Waals surface area contributed by atoms with Gasteiger partial charge >= 0.3 is 0 Å². The number of anilines is 5. The molecular formula is C67H70BN2S2. The van der Waals surface area contributed by atoms with Crippen molar-refractivity contribution < 1.29 is 0 Å². The largest absolute Gasteiger partial charge is 0.355 e. The van der Waals surface area contributed by atoms with E-state index in [1.165, 1.54) is 155 Å². The van der Waals surface area contributed by atoms with Gasteiger partial charge < -0.3 is 10.2 Å². The minimum absolute atomic E-state index is 0.0226. The minimum Gasteiger partial charge on any atom is -0.355 e. The molecule has 0 fully saturated rings. The molecule has 0 unspecified atom stereocenters. The molecule has 0 bridgehead atoms. The molecule has 3 heterocycles. The Morgan fingerprint density at radius 1 is 0.444 bits per heavy atom. The van der Waals surface area contributed by atoms with E-state index in [1.54, 1.807) is 0 Å². The number of aryl methyl sites for hydroxylation is 1. The number of thiophene rings is 2. The molecule has 0 saturated carbocycles. The lowest BCUT2D eigenvalue weighted by molar-refractivity contribution is 0.332. The maximum absolute atomic E-state index is 4.23. The summed E-state index contributed by atoms with van der Waals surface area (Å²) in [7, 11) is 2.58. The molecule has 4 aliphatic rings. The van der Waals surface area contributed by atoms with Gasteiger partial charge in [-0.05, 0) is 189 Å². The van der Waals surface area contributed by atoms with Crippen molar-refractivity contribution in [2.24, 2.45) is 0 Å². The minimum atomic E-state index is 0.0226. The van der Waals surface area contributed by atoms with Crippen LogP contribution in [0.25, 0.3) is 51.5 Å². The Balaban J connectivity index is 1.14. The van der Waals surface area contributed by atoms with Gasteiger partial charge in [0.15, 0.2) is 7.28 Å². The lowest BCUT2D eigenvalue weighted by Gasteiger charge is -2.44. The van der Waals surface area contributed by atoms with Gasteiger partial charge in [-0.15, -0.1) is 22.7 Å². The molecule has 0 saturated heterocycles. The second kappa shape index (κ2) is 15.4. The second-order valence-electron chi connectivity index (χ2n) is 26.5. The summed E-state index contributed by atoms with van der Waals surface area (Å²) in [6.07, 6.45) is 7.07. The Morgan fingerprint density at radius 2 is 0.972 bits per heavy atom. The van der Waals surface area contributed by atoms with Crippen LogP contribution in [0.15, 0.2) is 109 Å². The van der Waals surface area contributed by atoms with Crippen molar-refractivity contribution in [3.63, 3.8) is 0 Å². The lowest BCUT2D eigenvalue weighted by atomic mass is 9.57. The zero-order chi connectivity index (χ0) is 50.2. The van der Waals surface area contributed by atoms with Gasteiger partial charge in [0, 0.05) is 64.0 Å². The molecule has 13 rings (SSSR count). The molecule has 363 valence electrons. The highest BCUT2D eigenvalue weighted by molar-refractivity contribution is 7.27. The van der Waals surface area contributed by atoms with Crippen molar-refractivity contribution in [3.05, 3.63) is 148 Å². The van der Waals surface area contributed by atoms with Crippen LogP contribution >= 0.6 is 22.7 Å². The molecular weight excluding hydrogens is 908 g/mol. The topological polar surface area (TPSA) is 15.3 Å². The van der Waals surface area contributed by atoms with Crippen LogP contribution in [0.5, 0.6) is 0 Å². The first-order valence-electron chi connectivity index (χ1n) is 26.9. The van der Waals surface area contributed by atoms with Gasteiger partial charge in [-0.3, -0.25) is 0 Å². The highest BCUT2D eigenvalue weighted by Gasteiger charge is 2.42. The van der Waals surface area contributed by atoms with Crippen LogP contribution in [0.3, 0.4) is 0 Å². The Kier molecular flexibility index (Phi) is 9.91. The van der Waals surface area contributed by atoms with Crippen LogP contribution < -0.4 is 21.1 Å². The summed E-state index contributed by atoms with van der Waals surface area (Å²) in [4.78, 5) is 2.73. The number of hydrogen-bond acceptors (Lipinski definition) is 4. The normalized spacial score (nSPS) is 19.6. The Hall–Kier alpha value is -5.36. The van der Waals surface area contributed by atoms with Gasteiger partial charge in [-0.25, -0.2) is 0 Å². The van der Waals surface area contributed by atoms with Gasteiger partial charge in [-0.2, -0.15) is 0 Å². The second-order valence-corrected chi connectivity index (χ2v) is 28.6. The van der Waals surface area contributed by atoms with Gasteiger partial charge in [0.2, 0.25) is 0 Å². The first-order chi connectivity index (χ1) is 34.0. The molecule has 1 N–H and O–H groups in total. The quantitative estimate of drug-likeness (QED) is 0.177. The molecule has 1 radical (unpaired) electrons. The summed E-state index contributed by atoms with van der Waals surface area (Å²) in [5, 5.41) is 9.54. The SMILES string of the molecule is Cc1cc2c(cc1N1c3cc4c(cc3[B]c3c(-c5cc6c(cc5Nc5ccc7c(c5)C(C)(C)CCC7(C)C)C(C)(C)CCC6(C)C)cc5c(sc6ccccc65)c31)sc1ccccc14)C(C)(C)CCC2(C)C. The maximum atomic E-state index is 4.23. The third kappa shape index (κ3) is 6.91. The molecule has 5 heteroatoms. The van der Waals surface area contributed by atoms with Gasteiger partial charge in [0.25, 0.3) is 0 Å². The molecule has 0 amide bonds. The summed E-state index contributed by atoms with van der Waals surface area (Å²) in [5.74, 6) is 0. The third-order valence-electron chi connectivity index (χ3n) is 18.8. The van der Waals surface area contributed by atoms with E-state index in [2.05, 4.69) is 217 Å². The lowest BCUT2D eigenvalue weighted by Crippen LogP contribution is -2.41. The van der Waals surface area contributed by atoms with Crippen molar-refractivity contribution in [2.75, 3.05) is 10.2 Å². The molecule has 1 aliphatic heterocycles. The number of benzene rings is 7. The number of hydrogen-bond donors (Lipinski definition) is 1. The first kappa shape index (κ1) is 46.4. The van der Waals surface area contributed by atoms with Crippen molar-refractivity contribution in [1.82, 2.24) is 0 Å². The zero-order valence-electron chi connectivity index (χ0n) is 45.0. The fraction of sp³-hybridized carbons (Fsp3) is 0.373. The van der Waals surface area contributed by atoms with E-state index < -0.39 is 0 Å². The molecule has 0 atom stereocenters. The summed E-state index contributed by atoms with van der Waals surface area (Å²) in [6, 6.07) is 43.5. The van der Waals surface area contributed by atoms with Crippen LogP contribution in [0.1, 0.15) is 161 Å². The zero-order valence-corrected chi connectivity index (χ0v) is 46.6. The van der Waals surface area contributed by atoms with Crippen molar-refractivity contribution in [3.8, 4) is 11.1 Å². The van der Waals surface area contributed by atoms with Crippen LogP contribution in [-0.2, 0) is 32.5 Å². The Labute approximate surface area is 437 Å². The van der Waals surface area contributed by atoms with E-state index in [9.17, 15) is 0 Å². The molecule has 3 aliphatic carbocycles. The standard InChI is InChI=1S/C67H70BN2S2/c1-38-30-47-51(67(12,13)29-26-63(47,4)5)36-54(38)70-55-34-43-40-18-14-16-20-56(40)71-58(43)37-52(55)68-59-44(32-45-41-19-15-17-21-57(41)72-61(45)60(59)70)42-33-49-50(66(10,11)28-27-65(49,8)9)35-53(42)69-39-22-23-46-48(31-39)64(6,7)25-24-62(46,2)3/h14-23,30-37,69H,24-29H2,1-13H3. The molecule has 0 spiro atoms. The molecule has 7 aromatic carbocycles. The number of nitrogens with one attached hydrogen (secondary N) is 1. The molecule has 2 nitrogen and oxygen atoms in total. The first-order valence-corrected chi connectivity index (χ1v) is 28.5. The number of nitrogens with zero attached hydrogens (tertiary/aromatic N) is 1. The van der Waals surface area contributed by atoms with E-state index in [4.69, 9.17) is 0 Å². The van der Waals surface area contributed by atoms with E-state index in [0.717, 1.165) is 12.8 Å². The summed E-state index contributed by atoms with van der Waals surface area (Å²) in [5.41, 5.74) is 22.0. The van der Waals surface area contributed by atoms with Crippen LogP contribution in [0.4, 0.5) is 28.4 Å². The summed E-state index contributed by atoms with van der Waals surface area (Å²) in [6.45, 7) is 31.9. The summed E-state index contributed by atoms with van der Waals surface area (Å²) < 4.78 is 5.35. The maximum Gasteiger partial charge on any atom is 0.198 e. The monoisotopic (exact) mass is 978 g/mol. The molecule has 9 aromatic rings. The van der Waals surface area contributed by atoms with E-state index >= 15 is 0 Å². The van der Waals surface area contributed by atoms with E-state index in [1.807, 2.05) is 22.7 Å². The van der Waals surface area contributed by atoms with E-state index in [-0.39, 0.29) is 32.5 Å². The fourth-order valence-electron chi connectivity index (χ4n) is 13.8. The average molecular weight is 978 g/mol. The van der Waals surface area contributed by atoms with Crippen LogP contribution in [-0.4, -0.2) is 7.28 Å². The highest BCUT2D eigenvalue weighted by atomic mass is 32.1. The fourth-order valence-corrected chi connectivity index (χ4v) is 16.1. The van der Waals surface area contributed by atoms with Crippen LogP contribution in [0, 0.1) is 6.92 Å². The van der Waals surface area contributed by atoms with Crippen LogP contribution in [0.2, 0.25) is 0 Å². The predicted molar refractivity (Wildman–Crippen MR) is 318 cm³/mol. The number of rotatable bonds is 4. The molecule has 72 heavy (non-hydrogen) atoms. The smallest absolute Gasteiger partial charge is 0.198 e.